The third kappa shape index (κ3) is 6.87. The third-order valence-corrected chi connectivity index (χ3v) is 5.19. The van der Waals surface area contributed by atoms with E-state index in [0.29, 0.717) is 0 Å². The highest BCUT2D eigenvalue weighted by atomic mass is 16.7. The molecule has 34 heavy (non-hydrogen) atoms. The molecule has 7 heteroatoms. The molecule has 0 radical (unpaired) electrons. The topological polar surface area (TPSA) is 58.6 Å². The molecule has 0 aromatic heterocycles. The maximum absolute atomic E-state index is 5.74. The van der Waals surface area contributed by atoms with Gasteiger partial charge in [0.05, 0.1) is 0 Å². The average Bonchev–Trinajstić information content (AvgIpc) is 2.87. The average molecular weight is 468 g/mol. The van der Waals surface area contributed by atoms with Gasteiger partial charge in [0.25, 0.3) is 0 Å². The number of benzene rings is 3. The van der Waals surface area contributed by atoms with Crippen LogP contribution in [0, 0.1) is 0 Å². The van der Waals surface area contributed by atoms with Crippen molar-refractivity contribution in [1.82, 2.24) is 0 Å². The quantitative estimate of drug-likeness (QED) is 0.291. The molecule has 0 fully saturated rings. The largest absolute Gasteiger partial charge is 0.465 e. The summed E-state index contributed by atoms with van der Waals surface area (Å²) in [5, 5.41) is 0. The van der Waals surface area contributed by atoms with Gasteiger partial charge >= 0.3 is 0 Å². The van der Waals surface area contributed by atoms with E-state index in [4.69, 9.17) is 28.4 Å². The van der Waals surface area contributed by atoms with Crippen molar-refractivity contribution in [2.75, 3.05) is 26.2 Å². The maximum atomic E-state index is 5.74. The van der Waals surface area contributed by atoms with E-state index in [9.17, 15) is 0 Å². The first-order valence-electron chi connectivity index (χ1n) is 11.1. The first-order chi connectivity index (χ1) is 16.4. The number of nitrogens with zero attached hydrogens (tertiary/aromatic N) is 1. The maximum Gasteiger partial charge on any atom is 0.196 e. The van der Waals surface area contributed by atoms with Crippen LogP contribution < -0.4 is 19.1 Å². The number of anilines is 3. The fourth-order valence-electron chi connectivity index (χ4n) is 3.19. The summed E-state index contributed by atoms with van der Waals surface area (Å²) in [6.45, 7) is 5.55. The summed E-state index contributed by atoms with van der Waals surface area (Å²) >= 11 is 0. The van der Waals surface area contributed by atoms with Gasteiger partial charge in [0.1, 0.15) is 17.2 Å². The highest BCUT2D eigenvalue weighted by Crippen LogP contribution is 2.37. The predicted molar refractivity (Wildman–Crippen MR) is 132 cm³/mol. The predicted octanol–water partition coefficient (Wildman–Crippen LogP) is 6.27. The zero-order chi connectivity index (χ0) is 24.5. The molecule has 0 amide bonds. The summed E-state index contributed by atoms with van der Waals surface area (Å²) < 4.78 is 32.8. The summed E-state index contributed by atoms with van der Waals surface area (Å²) in [4.78, 5) is 2.14. The zero-order valence-electron chi connectivity index (χ0n) is 20.6. The van der Waals surface area contributed by atoms with Crippen molar-refractivity contribution in [3.05, 3.63) is 72.8 Å². The number of hydrogen-bond acceptors (Lipinski definition) is 7. The van der Waals surface area contributed by atoms with Gasteiger partial charge in [-0.15, -0.1) is 0 Å². The molecule has 0 N–H and O–H groups in total. The van der Waals surface area contributed by atoms with Gasteiger partial charge in [-0.1, -0.05) is 0 Å². The Morgan fingerprint density at radius 3 is 0.882 bits per heavy atom. The number of hydrogen-bond donors (Lipinski definition) is 0. The highest BCUT2D eigenvalue weighted by molar-refractivity contribution is 5.77. The lowest BCUT2D eigenvalue weighted by Gasteiger charge is -2.26. The number of rotatable bonds is 12. The van der Waals surface area contributed by atoms with Crippen LogP contribution in [0.1, 0.15) is 20.8 Å². The molecule has 7 nitrogen and oxygen atoms in total. The van der Waals surface area contributed by atoms with E-state index in [1.54, 1.807) is 21.3 Å². The molecule has 0 aliphatic rings. The van der Waals surface area contributed by atoms with Gasteiger partial charge in [-0.3, -0.25) is 0 Å². The van der Waals surface area contributed by atoms with Crippen LogP contribution in [0.3, 0.4) is 0 Å². The van der Waals surface area contributed by atoms with Crippen LogP contribution in [0.15, 0.2) is 72.8 Å². The highest BCUT2D eigenvalue weighted by Gasteiger charge is 2.14. The smallest absolute Gasteiger partial charge is 0.196 e. The lowest BCUT2D eigenvalue weighted by Crippen LogP contribution is -2.15. The molecular formula is C27H33NO6. The second kappa shape index (κ2) is 12.3. The Morgan fingerprint density at radius 2 is 0.676 bits per heavy atom. The van der Waals surface area contributed by atoms with Crippen LogP contribution >= 0.6 is 0 Å². The van der Waals surface area contributed by atoms with Crippen LogP contribution in [0.25, 0.3) is 0 Å². The molecule has 3 atom stereocenters. The van der Waals surface area contributed by atoms with Crippen molar-refractivity contribution in [3.63, 3.8) is 0 Å². The Balaban J connectivity index is 1.92. The van der Waals surface area contributed by atoms with Crippen molar-refractivity contribution in [2.24, 2.45) is 0 Å². The normalized spacial score (nSPS) is 13.6. The second-order valence-electron chi connectivity index (χ2n) is 7.58. The molecule has 0 saturated heterocycles. The van der Waals surface area contributed by atoms with Crippen molar-refractivity contribution >= 4 is 17.1 Å². The molecule has 3 rings (SSSR count). The molecule has 3 aromatic carbocycles. The zero-order valence-corrected chi connectivity index (χ0v) is 20.6. The molecule has 0 aliphatic heterocycles. The van der Waals surface area contributed by atoms with Crippen molar-refractivity contribution in [2.45, 2.75) is 39.6 Å². The lowest BCUT2D eigenvalue weighted by molar-refractivity contribution is -0.0385. The summed E-state index contributed by atoms with van der Waals surface area (Å²) in [6.07, 6.45) is -0.983. The van der Waals surface area contributed by atoms with E-state index in [-0.39, 0.29) is 18.9 Å². The minimum Gasteiger partial charge on any atom is -0.465 e. The molecule has 0 bridgehead atoms. The van der Waals surface area contributed by atoms with Crippen molar-refractivity contribution in [3.8, 4) is 17.2 Å². The number of methoxy groups -OCH3 is 3. The minimum absolute atomic E-state index is 0.328. The fourth-order valence-corrected chi connectivity index (χ4v) is 3.19. The molecule has 182 valence electrons. The summed E-state index contributed by atoms with van der Waals surface area (Å²) in [7, 11) is 4.84. The molecule has 3 unspecified atom stereocenters. The van der Waals surface area contributed by atoms with Crippen LogP contribution in [-0.2, 0) is 14.2 Å². The Hall–Kier alpha value is -3.26. The third-order valence-electron chi connectivity index (χ3n) is 5.19. The van der Waals surface area contributed by atoms with Gasteiger partial charge in [0.2, 0.25) is 0 Å². The lowest BCUT2D eigenvalue weighted by atomic mass is 10.2. The van der Waals surface area contributed by atoms with E-state index in [0.717, 1.165) is 34.3 Å². The van der Waals surface area contributed by atoms with Crippen LogP contribution in [-0.4, -0.2) is 40.2 Å². The molecule has 0 heterocycles. The SMILES string of the molecule is COC(C)Oc1ccc(N(c2ccc(OC(C)OC)cc2)c2ccc(OC(C)OC)cc2)cc1. The van der Waals surface area contributed by atoms with Gasteiger partial charge in [-0.05, 0) is 93.6 Å². The van der Waals surface area contributed by atoms with E-state index in [1.165, 1.54) is 0 Å². The van der Waals surface area contributed by atoms with Gasteiger partial charge in [-0.2, -0.15) is 0 Å². The molecule has 3 aromatic rings. The Kier molecular flexibility index (Phi) is 9.16. The van der Waals surface area contributed by atoms with Gasteiger partial charge in [0.15, 0.2) is 18.9 Å². The van der Waals surface area contributed by atoms with E-state index >= 15 is 0 Å². The summed E-state index contributed by atoms with van der Waals surface area (Å²) in [5.74, 6) is 2.19. The first kappa shape index (κ1) is 25.4. The monoisotopic (exact) mass is 467 g/mol. The Bertz CT molecular complexity index is 859. The standard InChI is InChI=1S/C27H33NO6/c1-19(29-4)32-25-13-7-22(8-14-25)28(23-9-15-26(16-10-23)33-20(2)30-5)24-11-17-27(18-12-24)34-21(3)31-6/h7-21H,1-6H3. The van der Waals surface area contributed by atoms with Gasteiger partial charge in [0, 0.05) is 38.4 Å². The van der Waals surface area contributed by atoms with Crippen molar-refractivity contribution < 1.29 is 28.4 Å². The minimum atomic E-state index is -0.328. The van der Waals surface area contributed by atoms with Crippen LogP contribution in [0.4, 0.5) is 17.1 Å². The molecule has 0 saturated carbocycles. The Morgan fingerprint density at radius 1 is 0.441 bits per heavy atom. The van der Waals surface area contributed by atoms with Crippen LogP contribution in [0.2, 0.25) is 0 Å². The molecule has 0 aliphatic carbocycles. The molecule has 0 spiro atoms. The number of ether oxygens (including phenoxy) is 6. The summed E-state index contributed by atoms with van der Waals surface area (Å²) in [5.41, 5.74) is 2.90. The van der Waals surface area contributed by atoms with Crippen LogP contribution in [0.5, 0.6) is 17.2 Å². The second-order valence-corrected chi connectivity index (χ2v) is 7.58. The van der Waals surface area contributed by atoms with Gasteiger partial charge in [-0.25, -0.2) is 0 Å². The van der Waals surface area contributed by atoms with E-state index in [2.05, 4.69) is 4.90 Å². The van der Waals surface area contributed by atoms with E-state index < -0.39 is 0 Å². The first-order valence-corrected chi connectivity index (χ1v) is 11.1. The van der Waals surface area contributed by atoms with Gasteiger partial charge < -0.3 is 33.3 Å². The fraction of sp³-hybridized carbons (Fsp3) is 0.333. The van der Waals surface area contributed by atoms with Crippen molar-refractivity contribution in [1.29, 1.82) is 0 Å². The van der Waals surface area contributed by atoms with E-state index in [1.807, 2.05) is 93.6 Å². The Labute approximate surface area is 201 Å². The summed E-state index contributed by atoms with van der Waals surface area (Å²) in [6, 6.07) is 23.6. The molecular weight excluding hydrogens is 434 g/mol.